The molecule has 0 aliphatic carbocycles. The molecule has 0 spiro atoms. The molecule has 2 aliphatic rings. The number of aliphatic imine (C=N–C) groups is 1. The summed E-state index contributed by atoms with van der Waals surface area (Å²) in [6.07, 6.45) is 3.82. The van der Waals surface area contributed by atoms with Gasteiger partial charge in [-0.1, -0.05) is 59.1 Å². The third-order valence-corrected chi connectivity index (χ3v) is 10.9. The van der Waals surface area contributed by atoms with Crippen LogP contribution in [0.25, 0.3) is 0 Å². The Kier molecular flexibility index (Phi) is 9.41. The average Bonchev–Trinajstić information content (AvgIpc) is 3.25. The van der Waals surface area contributed by atoms with E-state index in [0.29, 0.717) is 22.0 Å². The van der Waals surface area contributed by atoms with Crippen LogP contribution >= 0.6 is 34.8 Å². The molecule has 1 radical (unpaired) electrons. The highest BCUT2D eigenvalue weighted by Crippen LogP contribution is 2.54. The van der Waals surface area contributed by atoms with Gasteiger partial charge in [-0.3, -0.25) is 14.7 Å². The van der Waals surface area contributed by atoms with Gasteiger partial charge in [0.05, 0.1) is 22.1 Å². The zero-order valence-electron chi connectivity index (χ0n) is 25.8. The molecule has 3 atom stereocenters. The Morgan fingerprint density at radius 2 is 1.59 bits per heavy atom. The summed E-state index contributed by atoms with van der Waals surface area (Å²) in [6.45, 7) is 6.00. The van der Waals surface area contributed by atoms with Crippen molar-refractivity contribution in [3.05, 3.63) is 98.8 Å². The van der Waals surface area contributed by atoms with E-state index in [1.54, 1.807) is 31.2 Å². The lowest BCUT2D eigenvalue weighted by atomic mass is 9.71. The molecule has 3 aromatic rings. The average molecular weight is 705 g/mol. The van der Waals surface area contributed by atoms with E-state index in [1.165, 1.54) is 21.9 Å². The maximum absolute atomic E-state index is 15.1. The minimum Gasteiger partial charge on any atom is -0.493 e. The van der Waals surface area contributed by atoms with Gasteiger partial charge in [-0.2, -0.15) is 0 Å². The highest BCUT2D eigenvalue weighted by molar-refractivity contribution is 7.90. The predicted octanol–water partition coefficient (Wildman–Crippen LogP) is 6.62. The van der Waals surface area contributed by atoms with Crippen LogP contribution in [0.3, 0.4) is 0 Å². The quantitative estimate of drug-likeness (QED) is 0.297. The Morgan fingerprint density at radius 3 is 2.13 bits per heavy atom. The first-order valence-electron chi connectivity index (χ1n) is 14.6. The maximum Gasteiger partial charge on any atom is 0.327 e. The van der Waals surface area contributed by atoms with E-state index in [4.69, 9.17) is 50.3 Å². The van der Waals surface area contributed by atoms with Crippen LogP contribution in [0.5, 0.6) is 5.75 Å². The molecule has 243 valence electrons. The van der Waals surface area contributed by atoms with Gasteiger partial charge in [0.1, 0.15) is 28.7 Å². The van der Waals surface area contributed by atoms with E-state index in [0.717, 1.165) is 11.8 Å². The number of amidine groups is 1. The number of carbonyl (C=O) groups excluding carboxylic acids is 2. The van der Waals surface area contributed by atoms with Gasteiger partial charge < -0.3 is 15.4 Å². The number of hydrogen-bond acceptors (Lipinski definition) is 6. The highest BCUT2D eigenvalue weighted by atomic mass is 35.5. The molecule has 2 N–H and O–H groups in total. The molecule has 1 saturated heterocycles. The van der Waals surface area contributed by atoms with Gasteiger partial charge in [-0.15, -0.1) is 0 Å². The third kappa shape index (κ3) is 5.85. The molecule has 2 heterocycles. The topological polar surface area (TPSA) is 122 Å². The number of sulfone groups is 1. The number of urea groups is 1. The number of primary amides is 1. The van der Waals surface area contributed by atoms with Crippen molar-refractivity contribution in [2.45, 2.75) is 55.6 Å². The summed E-state index contributed by atoms with van der Waals surface area (Å²) in [5.74, 6) is -0.284. The van der Waals surface area contributed by atoms with Crippen LogP contribution in [-0.2, 0) is 25.7 Å². The standard InChI is InChI=1S/C33H34Cl3N4O5S/c1-5-45-27-19-25(36)28(46(4,43)44)18-24(27)30-38-32(2,20-9-13-22(34)14-10-20)33(3,21-11-15-23(35)16-12-21)40(30)31(42)39-17-7-6-8-26(39)29(37)41/h6,9-16,18-19,26H,5,7-8,17H2,1-4H3,(H2,37,41)/t26?,32-,33+/m0/s1. The van der Waals surface area contributed by atoms with E-state index in [2.05, 4.69) is 0 Å². The van der Waals surface area contributed by atoms with E-state index in [9.17, 15) is 13.2 Å². The zero-order chi connectivity index (χ0) is 33.6. The van der Waals surface area contributed by atoms with Crippen LogP contribution in [0.4, 0.5) is 4.79 Å². The van der Waals surface area contributed by atoms with E-state index >= 15 is 4.79 Å². The maximum atomic E-state index is 15.1. The monoisotopic (exact) mass is 703 g/mol. The Morgan fingerprint density at radius 1 is 1.00 bits per heavy atom. The molecule has 3 aromatic carbocycles. The lowest BCUT2D eigenvalue weighted by Crippen LogP contribution is -2.62. The molecule has 0 aromatic heterocycles. The number of nitrogens with zero attached hydrogens (tertiary/aromatic N) is 3. The fourth-order valence-electron chi connectivity index (χ4n) is 6.25. The van der Waals surface area contributed by atoms with Gasteiger partial charge in [-0.25, -0.2) is 13.2 Å². The highest BCUT2D eigenvalue weighted by Gasteiger charge is 2.60. The minimum atomic E-state index is -3.82. The molecule has 0 bridgehead atoms. The van der Waals surface area contributed by atoms with Crippen LogP contribution in [0.1, 0.15) is 50.3 Å². The van der Waals surface area contributed by atoms with Gasteiger partial charge in [0.25, 0.3) is 0 Å². The zero-order valence-corrected chi connectivity index (χ0v) is 28.8. The van der Waals surface area contributed by atoms with Crippen molar-refractivity contribution in [1.29, 1.82) is 0 Å². The molecule has 1 unspecified atom stereocenters. The molecule has 2 aliphatic heterocycles. The SMILES string of the molecule is CCOc1cc(Cl)c(S(C)(=O)=O)cc1C1=N[C@@](C)(c2ccc(Cl)cc2)[C@@](C)(c2ccc(Cl)cc2)N1C(=O)N1CC[CH]CC1C(N)=O. The van der Waals surface area contributed by atoms with Crippen LogP contribution in [0.15, 0.2) is 70.6 Å². The van der Waals surface area contributed by atoms with Crippen molar-refractivity contribution in [2.75, 3.05) is 19.4 Å². The smallest absolute Gasteiger partial charge is 0.327 e. The first kappa shape index (κ1) is 34.0. The summed E-state index contributed by atoms with van der Waals surface area (Å²) < 4.78 is 31.8. The molecule has 1 fully saturated rings. The summed E-state index contributed by atoms with van der Waals surface area (Å²) >= 11 is 19.1. The fraction of sp³-hybridized carbons (Fsp3) is 0.333. The number of piperidine rings is 1. The van der Waals surface area contributed by atoms with Crippen molar-refractivity contribution in [3.8, 4) is 5.75 Å². The number of nitrogens with two attached hydrogens (primary N) is 1. The first-order valence-corrected chi connectivity index (χ1v) is 17.7. The second-order valence-electron chi connectivity index (χ2n) is 11.6. The van der Waals surface area contributed by atoms with E-state index in [1.807, 2.05) is 44.5 Å². The van der Waals surface area contributed by atoms with Gasteiger partial charge in [0.2, 0.25) is 5.91 Å². The normalized spacial score (nSPS) is 23.3. The number of hydrogen-bond donors (Lipinski definition) is 1. The van der Waals surface area contributed by atoms with E-state index in [-0.39, 0.29) is 46.6 Å². The fourth-order valence-corrected chi connectivity index (χ4v) is 7.82. The molecular weight excluding hydrogens is 671 g/mol. The number of carbonyl (C=O) groups is 2. The summed E-state index contributed by atoms with van der Waals surface area (Å²) in [5.41, 5.74) is 4.96. The van der Waals surface area contributed by atoms with Crippen LogP contribution in [-0.4, -0.2) is 61.4 Å². The Bertz CT molecular complexity index is 1820. The second kappa shape index (κ2) is 12.7. The van der Waals surface area contributed by atoms with Crippen molar-refractivity contribution in [3.63, 3.8) is 0 Å². The van der Waals surface area contributed by atoms with Crippen molar-refractivity contribution >= 4 is 62.4 Å². The van der Waals surface area contributed by atoms with Crippen LogP contribution < -0.4 is 10.5 Å². The number of benzene rings is 3. The first-order chi connectivity index (χ1) is 21.6. The minimum absolute atomic E-state index is 0.0348. The van der Waals surface area contributed by atoms with Gasteiger partial charge in [0, 0.05) is 28.9 Å². The lowest BCUT2D eigenvalue weighted by molar-refractivity contribution is -0.123. The number of halogens is 3. The van der Waals surface area contributed by atoms with E-state index < -0.39 is 38.9 Å². The Labute approximate surface area is 284 Å². The summed E-state index contributed by atoms with van der Waals surface area (Å²) in [4.78, 5) is 35.8. The van der Waals surface area contributed by atoms with Gasteiger partial charge in [-0.05, 0) is 81.5 Å². The van der Waals surface area contributed by atoms with Crippen molar-refractivity contribution in [1.82, 2.24) is 9.80 Å². The number of rotatable bonds is 7. The van der Waals surface area contributed by atoms with Crippen LogP contribution in [0.2, 0.25) is 15.1 Å². The largest absolute Gasteiger partial charge is 0.493 e. The summed E-state index contributed by atoms with van der Waals surface area (Å²) in [6, 6.07) is 15.6. The Balaban J connectivity index is 1.88. The predicted molar refractivity (Wildman–Crippen MR) is 180 cm³/mol. The molecule has 5 rings (SSSR count). The molecule has 0 saturated carbocycles. The lowest BCUT2D eigenvalue weighted by Gasteiger charge is -2.47. The Hall–Kier alpha value is -3.31. The number of ether oxygens (including phenoxy) is 1. The number of likely N-dealkylation sites (tertiary alicyclic amines) is 1. The molecular formula is C33H34Cl3N4O5S. The third-order valence-electron chi connectivity index (χ3n) is 8.83. The van der Waals surface area contributed by atoms with Gasteiger partial charge >= 0.3 is 6.03 Å². The second-order valence-corrected chi connectivity index (χ2v) is 14.9. The summed E-state index contributed by atoms with van der Waals surface area (Å²) in [7, 11) is -3.82. The molecule has 13 heteroatoms. The summed E-state index contributed by atoms with van der Waals surface area (Å²) in [5, 5.41) is 0.971. The van der Waals surface area contributed by atoms with Crippen molar-refractivity contribution < 1.29 is 22.7 Å². The van der Waals surface area contributed by atoms with Crippen LogP contribution in [0, 0.1) is 6.42 Å². The van der Waals surface area contributed by atoms with Crippen molar-refractivity contribution in [2.24, 2.45) is 10.7 Å². The van der Waals surface area contributed by atoms with Gasteiger partial charge in [0.15, 0.2) is 9.84 Å². The molecule has 9 nitrogen and oxygen atoms in total. The molecule has 46 heavy (non-hydrogen) atoms. The number of amides is 3. The molecule has 3 amide bonds.